The summed E-state index contributed by atoms with van der Waals surface area (Å²) in [6.07, 6.45) is 4.47. The van der Waals surface area contributed by atoms with Crippen molar-refractivity contribution in [3.05, 3.63) is 57.3 Å². The third-order valence-electron chi connectivity index (χ3n) is 4.20. The molecular weight excluding hydrogens is 476 g/mol. The van der Waals surface area contributed by atoms with Crippen molar-refractivity contribution in [3.63, 3.8) is 0 Å². The highest BCUT2D eigenvalue weighted by molar-refractivity contribution is 9.10. The number of carbonyl (C=O) groups is 3. The molecule has 30 heavy (non-hydrogen) atoms. The van der Waals surface area contributed by atoms with E-state index < -0.39 is 5.91 Å². The Bertz CT molecular complexity index is 1080. The molecule has 1 aromatic carbocycles. The average molecular weight is 491 g/mol. The minimum atomic E-state index is -0.395. The van der Waals surface area contributed by atoms with Gasteiger partial charge in [0.2, 0.25) is 12.7 Å². The molecule has 2 aromatic rings. The van der Waals surface area contributed by atoms with Crippen LogP contribution in [0.4, 0.5) is 4.79 Å². The van der Waals surface area contributed by atoms with Crippen LogP contribution >= 0.6 is 27.7 Å². The van der Waals surface area contributed by atoms with E-state index in [2.05, 4.69) is 21.2 Å². The van der Waals surface area contributed by atoms with Crippen LogP contribution in [0.25, 0.3) is 12.2 Å². The third kappa shape index (κ3) is 4.60. The van der Waals surface area contributed by atoms with Crippen LogP contribution in [-0.4, -0.2) is 41.8 Å². The van der Waals surface area contributed by atoms with E-state index in [1.54, 1.807) is 36.4 Å². The molecule has 1 aromatic heterocycles. The molecule has 0 atom stereocenters. The molecule has 1 N–H and O–H groups in total. The molecule has 1 saturated heterocycles. The topological polar surface area (TPSA) is 98.1 Å². The Morgan fingerprint density at radius 2 is 2.03 bits per heavy atom. The third-order valence-corrected chi connectivity index (χ3v) is 5.53. The average Bonchev–Trinajstić information content (AvgIpc) is 3.42. The zero-order chi connectivity index (χ0) is 21.1. The number of thioether (sulfide) groups is 1. The van der Waals surface area contributed by atoms with E-state index in [1.165, 1.54) is 12.2 Å². The van der Waals surface area contributed by atoms with Crippen molar-refractivity contribution in [2.24, 2.45) is 0 Å². The number of imide groups is 1. The molecule has 2 aliphatic rings. The van der Waals surface area contributed by atoms with Crippen LogP contribution in [0.1, 0.15) is 11.3 Å². The summed E-state index contributed by atoms with van der Waals surface area (Å²) in [5.74, 6) is 1.01. The molecule has 0 aliphatic carbocycles. The number of nitrogens with zero attached hydrogens (tertiary/aromatic N) is 1. The summed E-state index contributed by atoms with van der Waals surface area (Å²) in [5, 5.41) is 2.26. The second-order valence-electron chi connectivity index (χ2n) is 6.21. The summed E-state index contributed by atoms with van der Waals surface area (Å²) in [5.41, 5.74) is 0.729. The van der Waals surface area contributed by atoms with Gasteiger partial charge in [-0.25, -0.2) is 0 Å². The van der Waals surface area contributed by atoms with Crippen LogP contribution in [0.3, 0.4) is 0 Å². The Morgan fingerprint density at radius 3 is 2.83 bits per heavy atom. The van der Waals surface area contributed by atoms with Crippen molar-refractivity contribution in [2.45, 2.75) is 0 Å². The summed E-state index contributed by atoms with van der Waals surface area (Å²) in [6, 6.07) is 8.71. The van der Waals surface area contributed by atoms with Gasteiger partial charge in [0.1, 0.15) is 5.76 Å². The van der Waals surface area contributed by atoms with Crippen molar-refractivity contribution in [3.8, 4) is 11.5 Å². The normalized spacial score (nSPS) is 16.8. The predicted octanol–water partition coefficient (Wildman–Crippen LogP) is 3.64. The summed E-state index contributed by atoms with van der Waals surface area (Å²) in [6.45, 7) is 0.380. The fourth-order valence-corrected chi connectivity index (χ4v) is 3.96. The number of halogens is 1. The van der Waals surface area contributed by atoms with Crippen LogP contribution < -0.4 is 14.8 Å². The Kier molecular flexibility index (Phi) is 5.96. The first-order valence-electron chi connectivity index (χ1n) is 8.86. The highest BCUT2D eigenvalue weighted by Gasteiger charge is 2.34. The lowest BCUT2D eigenvalue weighted by molar-refractivity contribution is -0.123. The van der Waals surface area contributed by atoms with Crippen LogP contribution in [0.5, 0.6) is 11.5 Å². The van der Waals surface area contributed by atoms with E-state index in [4.69, 9.17) is 13.9 Å². The van der Waals surface area contributed by atoms with Crippen LogP contribution in [0, 0.1) is 0 Å². The SMILES string of the molecule is O=C(/C=C/c1ccc(Br)o1)NCCN1C(=O)S/C(=C/c2ccc3c(c2)OCO3)C1=O. The molecule has 3 heterocycles. The van der Waals surface area contributed by atoms with Gasteiger partial charge < -0.3 is 19.2 Å². The van der Waals surface area contributed by atoms with Gasteiger partial charge in [0.05, 0.1) is 4.91 Å². The fourth-order valence-electron chi connectivity index (χ4n) is 2.77. The van der Waals surface area contributed by atoms with E-state index in [9.17, 15) is 14.4 Å². The maximum absolute atomic E-state index is 12.6. The molecule has 2 aliphatic heterocycles. The lowest BCUT2D eigenvalue weighted by atomic mass is 10.2. The van der Waals surface area contributed by atoms with Crippen LogP contribution in [-0.2, 0) is 9.59 Å². The molecule has 3 amide bonds. The first-order valence-corrected chi connectivity index (χ1v) is 10.5. The summed E-state index contributed by atoms with van der Waals surface area (Å²) < 4.78 is 16.4. The highest BCUT2D eigenvalue weighted by atomic mass is 79.9. The van der Waals surface area contributed by atoms with E-state index >= 15 is 0 Å². The van der Waals surface area contributed by atoms with Gasteiger partial charge in [0.25, 0.3) is 11.1 Å². The van der Waals surface area contributed by atoms with Crippen LogP contribution in [0.15, 0.2) is 50.4 Å². The number of rotatable bonds is 6. The Balaban J connectivity index is 1.32. The van der Waals surface area contributed by atoms with Gasteiger partial charge in [-0.05, 0) is 69.7 Å². The molecule has 0 bridgehead atoms. The van der Waals surface area contributed by atoms with E-state index in [-0.39, 0.29) is 31.0 Å². The molecule has 10 heteroatoms. The van der Waals surface area contributed by atoms with Gasteiger partial charge in [0.15, 0.2) is 16.2 Å². The van der Waals surface area contributed by atoms with Crippen molar-refractivity contribution in [1.82, 2.24) is 10.2 Å². The summed E-state index contributed by atoms with van der Waals surface area (Å²) >= 11 is 4.04. The second-order valence-corrected chi connectivity index (χ2v) is 7.99. The largest absolute Gasteiger partial charge is 0.454 e. The Labute approximate surface area is 184 Å². The monoisotopic (exact) mass is 490 g/mol. The maximum atomic E-state index is 12.6. The number of furan rings is 1. The summed E-state index contributed by atoms with van der Waals surface area (Å²) in [4.78, 5) is 38.1. The number of hydrogen-bond donors (Lipinski definition) is 1. The lowest BCUT2D eigenvalue weighted by Crippen LogP contribution is -2.36. The van der Waals surface area contributed by atoms with Gasteiger partial charge >= 0.3 is 0 Å². The minimum absolute atomic E-state index is 0.0784. The Morgan fingerprint density at radius 1 is 1.20 bits per heavy atom. The first-order chi connectivity index (χ1) is 14.5. The van der Waals surface area contributed by atoms with Crippen molar-refractivity contribution in [1.29, 1.82) is 0 Å². The van der Waals surface area contributed by atoms with E-state index in [1.807, 2.05) is 0 Å². The first kappa shape index (κ1) is 20.3. The molecule has 0 radical (unpaired) electrons. The number of hydrogen-bond acceptors (Lipinski definition) is 7. The molecular formula is C20H15BrN2O6S. The Hall–Kier alpha value is -2.98. The minimum Gasteiger partial charge on any atom is -0.454 e. The maximum Gasteiger partial charge on any atom is 0.293 e. The zero-order valence-electron chi connectivity index (χ0n) is 15.4. The number of nitrogens with one attached hydrogen (secondary N) is 1. The van der Waals surface area contributed by atoms with Gasteiger partial charge in [0, 0.05) is 19.2 Å². The molecule has 154 valence electrons. The van der Waals surface area contributed by atoms with Gasteiger partial charge in [-0.15, -0.1) is 0 Å². The fraction of sp³-hybridized carbons (Fsp3) is 0.150. The second kappa shape index (κ2) is 8.80. The number of fused-ring (bicyclic) bond motifs is 1. The molecule has 4 rings (SSSR count). The van der Waals surface area contributed by atoms with E-state index in [0.717, 1.165) is 22.2 Å². The molecule has 0 saturated carbocycles. The number of benzene rings is 1. The highest BCUT2D eigenvalue weighted by Crippen LogP contribution is 2.36. The molecule has 8 nitrogen and oxygen atoms in total. The smallest absolute Gasteiger partial charge is 0.293 e. The quantitative estimate of drug-likeness (QED) is 0.617. The van der Waals surface area contributed by atoms with Crippen molar-refractivity contribution in [2.75, 3.05) is 19.9 Å². The molecule has 1 fully saturated rings. The lowest BCUT2D eigenvalue weighted by Gasteiger charge is -2.12. The number of carbonyl (C=O) groups excluding carboxylic acids is 3. The van der Waals surface area contributed by atoms with Crippen molar-refractivity contribution < 1.29 is 28.3 Å². The number of amides is 3. The predicted molar refractivity (Wildman–Crippen MR) is 114 cm³/mol. The van der Waals surface area contributed by atoms with Crippen LogP contribution in [0.2, 0.25) is 0 Å². The number of ether oxygens (including phenoxy) is 2. The van der Waals surface area contributed by atoms with Gasteiger partial charge in [-0.3, -0.25) is 19.3 Å². The van der Waals surface area contributed by atoms with Gasteiger partial charge in [-0.2, -0.15) is 0 Å². The standard InChI is InChI=1S/C20H15BrN2O6S/c21-17-5-2-13(29-17)3-6-18(24)22-7-8-23-19(25)16(30-20(23)26)10-12-1-4-14-15(9-12)28-11-27-14/h1-6,9-10H,7-8,11H2,(H,22,24)/b6-3+,16-10+. The molecule has 0 unspecified atom stereocenters. The summed E-state index contributed by atoms with van der Waals surface area (Å²) in [7, 11) is 0. The molecule has 0 spiro atoms. The van der Waals surface area contributed by atoms with Gasteiger partial charge in [-0.1, -0.05) is 6.07 Å². The van der Waals surface area contributed by atoms with Crippen molar-refractivity contribution >= 4 is 56.9 Å². The zero-order valence-corrected chi connectivity index (χ0v) is 17.8. The van der Waals surface area contributed by atoms with E-state index in [0.29, 0.717) is 26.8 Å².